The van der Waals surface area contributed by atoms with Gasteiger partial charge in [-0.1, -0.05) is 15.9 Å². The smallest absolute Gasteiger partial charge is 0.270 e. The number of nitrogens with zero attached hydrogens (tertiary/aromatic N) is 2. The zero-order chi connectivity index (χ0) is 21.3. The topological polar surface area (TPSA) is 63.6 Å². The van der Waals surface area contributed by atoms with Crippen molar-refractivity contribution < 1.29 is 14.3 Å². The number of hydrogen-bond donors (Lipinski definition) is 1. The molecule has 0 atom stereocenters. The summed E-state index contributed by atoms with van der Waals surface area (Å²) < 4.78 is 8.01. The van der Waals surface area contributed by atoms with Gasteiger partial charge in [-0.05, 0) is 79.0 Å². The van der Waals surface area contributed by atoms with Gasteiger partial charge in [0.15, 0.2) is 5.11 Å². The van der Waals surface area contributed by atoms with Gasteiger partial charge in [-0.3, -0.25) is 19.8 Å². The lowest BCUT2D eigenvalue weighted by molar-refractivity contribution is -0.122. The molecule has 2 aromatic carbocycles. The number of ether oxygens (including phenoxy) is 1. The van der Waals surface area contributed by atoms with Gasteiger partial charge in [-0.2, -0.15) is 0 Å². The molecule has 1 aliphatic heterocycles. The molecule has 2 amide bonds. The summed E-state index contributed by atoms with van der Waals surface area (Å²) in [6.07, 6.45) is 3.44. The molecule has 0 radical (unpaired) electrons. The summed E-state index contributed by atoms with van der Waals surface area (Å²) >= 11 is 8.67. The maximum absolute atomic E-state index is 13.2. The maximum atomic E-state index is 13.2. The van der Waals surface area contributed by atoms with Crippen LogP contribution in [0.5, 0.6) is 5.75 Å². The number of benzene rings is 2. The van der Waals surface area contributed by atoms with E-state index in [0.29, 0.717) is 17.1 Å². The van der Waals surface area contributed by atoms with Gasteiger partial charge < -0.3 is 9.30 Å². The molecule has 1 aliphatic rings. The van der Waals surface area contributed by atoms with Crippen LogP contribution in [0.15, 0.2) is 76.9 Å². The van der Waals surface area contributed by atoms with Crippen LogP contribution in [0.2, 0.25) is 0 Å². The number of methoxy groups -OCH3 is 1. The molecule has 0 aliphatic carbocycles. The number of halogens is 1. The predicted molar refractivity (Wildman–Crippen MR) is 123 cm³/mol. The first-order valence-electron chi connectivity index (χ1n) is 8.97. The fraction of sp³-hybridized carbons (Fsp3) is 0.0455. The SMILES string of the molecule is COc1ccc(N2C(=O)/C(=C/c3cccn3-c3ccc(Br)cc3)C(=O)NC2=S)cc1. The Morgan fingerprint density at radius 1 is 1.00 bits per heavy atom. The van der Waals surface area contributed by atoms with Crippen LogP contribution in [0.4, 0.5) is 5.69 Å². The molecule has 2 heterocycles. The molecule has 0 saturated carbocycles. The second kappa shape index (κ2) is 8.25. The van der Waals surface area contributed by atoms with Crippen molar-refractivity contribution in [3.05, 3.63) is 82.6 Å². The Kier molecular flexibility index (Phi) is 5.52. The molecule has 0 spiro atoms. The highest BCUT2D eigenvalue weighted by Gasteiger charge is 2.34. The van der Waals surface area contributed by atoms with Crippen LogP contribution >= 0.6 is 28.1 Å². The maximum Gasteiger partial charge on any atom is 0.270 e. The number of aromatic nitrogens is 1. The van der Waals surface area contributed by atoms with E-state index in [9.17, 15) is 9.59 Å². The Bertz CT molecular complexity index is 1170. The van der Waals surface area contributed by atoms with E-state index in [0.717, 1.165) is 10.2 Å². The number of nitrogens with one attached hydrogen (secondary N) is 1. The fourth-order valence-corrected chi connectivity index (χ4v) is 3.67. The van der Waals surface area contributed by atoms with Crippen LogP contribution in [-0.2, 0) is 9.59 Å². The van der Waals surface area contributed by atoms with Crippen molar-refractivity contribution in [2.75, 3.05) is 12.0 Å². The van der Waals surface area contributed by atoms with Crippen molar-refractivity contribution in [3.63, 3.8) is 0 Å². The van der Waals surface area contributed by atoms with Gasteiger partial charge in [-0.25, -0.2) is 0 Å². The molecule has 30 heavy (non-hydrogen) atoms. The Morgan fingerprint density at radius 3 is 2.33 bits per heavy atom. The Morgan fingerprint density at radius 2 is 1.67 bits per heavy atom. The van der Waals surface area contributed by atoms with Crippen molar-refractivity contribution in [3.8, 4) is 11.4 Å². The summed E-state index contributed by atoms with van der Waals surface area (Å²) in [5.74, 6) is -0.364. The Hall–Kier alpha value is -3.23. The van der Waals surface area contributed by atoms with Crippen molar-refractivity contribution in [2.24, 2.45) is 0 Å². The van der Waals surface area contributed by atoms with E-state index in [4.69, 9.17) is 17.0 Å². The summed E-state index contributed by atoms with van der Waals surface area (Å²) in [4.78, 5) is 27.0. The van der Waals surface area contributed by atoms with E-state index in [1.165, 1.54) is 4.90 Å². The van der Waals surface area contributed by atoms with Crippen LogP contribution in [0.1, 0.15) is 5.69 Å². The van der Waals surface area contributed by atoms with Crippen LogP contribution < -0.4 is 15.0 Å². The first-order chi connectivity index (χ1) is 14.5. The van der Waals surface area contributed by atoms with Crippen LogP contribution in [0, 0.1) is 0 Å². The number of rotatable bonds is 4. The molecule has 1 N–H and O–H groups in total. The monoisotopic (exact) mass is 481 g/mol. The number of carbonyl (C=O) groups excluding carboxylic acids is 2. The van der Waals surface area contributed by atoms with Gasteiger partial charge in [0.25, 0.3) is 11.8 Å². The minimum atomic E-state index is -0.529. The lowest BCUT2D eigenvalue weighted by Gasteiger charge is -2.29. The highest BCUT2D eigenvalue weighted by Crippen LogP contribution is 2.25. The third-order valence-electron chi connectivity index (χ3n) is 4.61. The lowest BCUT2D eigenvalue weighted by atomic mass is 10.1. The molecule has 1 aromatic heterocycles. The largest absolute Gasteiger partial charge is 0.497 e. The molecule has 4 rings (SSSR count). The molecule has 150 valence electrons. The number of thiocarbonyl (C=S) groups is 1. The van der Waals surface area contributed by atoms with Gasteiger partial charge in [0.05, 0.1) is 12.8 Å². The number of hydrogen-bond acceptors (Lipinski definition) is 4. The highest BCUT2D eigenvalue weighted by atomic mass is 79.9. The van der Waals surface area contributed by atoms with Crippen molar-refractivity contribution in [1.82, 2.24) is 9.88 Å². The first kappa shape index (κ1) is 20.1. The first-order valence-corrected chi connectivity index (χ1v) is 10.2. The summed E-state index contributed by atoms with van der Waals surface area (Å²) in [5, 5.41) is 2.64. The highest BCUT2D eigenvalue weighted by molar-refractivity contribution is 9.10. The van der Waals surface area contributed by atoms with Crippen LogP contribution in [0.3, 0.4) is 0 Å². The van der Waals surface area contributed by atoms with Gasteiger partial charge in [0.2, 0.25) is 0 Å². The van der Waals surface area contributed by atoms with Crippen molar-refractivity contribution in [2.45, 2.75) is 0 Å². The number of amides is 2. The summed E-state index contributed by atoms with van der Waals surface area (Å²) in [6.45, 7) is 0. The minimum Gasteiger partial charge on any atom is -0.497 e. The van der Waals surface area contributed by atoms with E-state index in [1.54, 1.807) is 37.5 Å². The summed E-state index contributed by atoms with van der Waals surface area (Å²) in [7, 11) is 1.56. The van der Waals surface area contributed by atoms with Gasteiger partial charge in [-0.15, -0.1) is 0 Å². The second-order valence-electron chi connectivity index (χ2n) is 6.44. The molecule has 0 bridgehead atoms. The van der Waals surface area contributed by atoms with Gasteiger partial charge >= 0.3 is 0 Å². The third kappa shape index (κ3) is 3.79. The Balaban J connectivity index is 1.71. The Labute approximate surface area is 186 Å². The summed E-state index contributed by atoms with van der Waals surface area (Å²) in [5.41, 5.74) is 2.14. The van der Waals surface area contributed by atoms with Crippen molar-refractivity contribution >= 4 is 56.8 Å². The molecule has 0 unspecified atom stereocenters. The minimum absolute atomic E-state index is 0.00326. The number of anilines is 1. The lowest BCUT2D eigenvalue weighted by Crippen LogP contribution is -2.54. The van der Waals surface area contributed by atoms with Crippen LogP contribution in [0.25, 0.3) is 11.8 Å². The van der Waals surface area contributed by atoms with Gasteiger partial charge in [0, 0.05) is 22.1 Å². The van der Waals surface area contributed by atoms with E-state index in [2.05, 4.69) is 21.2 Å². The zero-order valence-electron chi connectivity index (χ0n) is 15.8. The molecule has 1 fully saturated rings. The molecule has 6 nitrogen and oxygen atoms in total. The zero-order valence-corrected chi connectivity index (χ0v) is 18.2. The average Bonchev–Trinajstić information content (AvgIpc) is 3.20. The summed E-state index contributed by atoms with van der Waals surface area (Å²) in [6, 6.07) is 18.3. The van der Waals surface area contributed by atoms with E-state index >= 15 is 0 Å². The molecule has 8 heteroatoms. The molecular formula is C22H16BrN3O3S. The van der Waals surface area contributed by atoms with E-state index in [1.807, 2.05) is 47.2 Å². The number of carbonyl (C=O) groups is 2. The van der Waals surface area contributed by atoms with E-state index in [-0.39, 0.29) is 10.7 Å². The standard InChI is InChI=1S/C22H16BrN3O3S/c1-29-18-10-8-16(9-11-18)26-21(28)19(20(27)24-22(26)30)13-17-3-2-12-25(17)15-6-4-14(23)5-7-15/h2-13H,1H3,(H,24,27,30)/b19-13+. The van der Waals surface area contributed by atoms with Crippen LogP contribution in [-0.4, -0.2) is 28.6 Å². The second-order valence-corrected chi connectivity index (χ2v) is 7.74. The molecular weight excluding hydrogens is 466 g/mol. The average molecular weight is 482 g/mol. The fourth-order valence-electron chi connectivity index (χ4n) is 3.12. The molecule has 1 saturated heterocycles. The molecule has 3 aromatic rings. The predicted octanol–water partition coefficient (Wildman–Crippen LogP) is 4.08. The quantitative estimate of drug-likeness (QED) is 0.346. The third-order valence-corrected chi connectivity index (χ3v) is 5.42. The van der Waals surface area contributed by atoms with Gasteiger partial charge in [0.1, 0.15) is 11.3 Å². The normalized spacial score (nSPS) is 15.5. The van der Waals surface area contributed by atoms with E-state index < -0.39 is 11.8 Å². The van der Waals surface area contributed by atoms with Crippen molar-refractivity contribution in [1.29, 1.82) is 0 Å².